The molecule has 310 valence electrons. The summed E-state index contributed by atoms with van der Waals surface area (Å²) in [5, 5.41) is 16.4. The first-order valence-electron chi connectivity index (χ1n) is 22.9. The fourth-order valence-corrected chi connectivity index (χ4v) is 11.4. The highest BCUT2D eigenvalue weighted by Crippen LogP contribution is 2.48. The molecule has 15 rings (SSSR count). The van der Waals surface area contributed by atoms with E-state index in [4.69, 9.17) is 13.3 Å². The standard InChI is InChI=1S/C64H36O3/c1-5-19-47-43(15-1)61(37-25-29-57-51(33-37)41-13-9-11-23-55(41)65-57)44-16-2-6-20-48(44)63(47)39-27-31-59-53(35-39)54-36-40(28-32-60(54)67-59)64-49-21-7-3-17-45(49)62(46-18-4-8-22-50(46)64)38-26-30-58-52(34-38)42-14-10-12-24-56(42)66-58/h1-36H. The van der Waals surface area contributed by atoms with E-state index in [0.717, 1.165) is 76.9 Å². The number of fused-ring (bicyclic) bond motifs is 13. The normalized spacial score (nSPS) is 12.2. The van der Waals surface area contributed by atoms with E-state index in [1.54, 1.807) is 0 Å². The molecule has 15 aromatic rings. The molecule has 0 saturated carbocycles. The largest absolute Gasteiger partial charge is 0.456 e. The predicted octanol–water partition coefficient (Wildman–Crippen LogP) is 18.7. The van der Waals surface area contributed by atoms with Crippen molar-refractivity contribution in [2.75, 3.05) is 0 Å². The Morgan fingerprint density at radius 1 is 0.164 bits per heavy atom. The molecule has 0 aliphatic rings. The minimum absolute atomic E-state index is 0.869. The van der Waals surface area contributed by atoms with Crippen LogP contribution in [0, 0.1) is 0 Å². The zero-order chi connectivity index (χ0) is 43.7. The van der Waals surface area contributed by atoms with E-state index in [9.17, 15) is 0 Å². The summed E-state index contributed by atoms with van der Waals surface area (Å²) in [6.45, 7) is 0. The molecule has 67 heavy (non-hydrogen) atoms. The second-order valence-electron chi connectivity index (χ2n) is 17.8. The van der Waals surface area contributed by atoms with Gasteiger partial charge in [-0.2, -0.15) is 0 Å². The number of para-hydroxylation sites is 2. The molecule has 0 radical (unpaired) electrons. The molecule has 3 nitrogen and oxygen atoms in total. The molecular formula is C64H36O3. The summed E-state index contributed by atoms with van der Waals surface area (Å²) in [5.41, 5.74) is 14.9. The number of furan rings is 3. The molecule has 0 unspecified atom stereocenters. The highest BCUT2D eigenvalue weighted by molar-refractivity contribution is 6.25. The third-order valence-corrected chi connectivity index (χ3v) is 14.2. The summed E-state index contributed by atoms with van der Waals surface area (Å²) in [7, 11) is 0. The molecule has 0 fully saturated rings. The van der Waals surface area contributed by atoms with Crippen LogP contribution in [0.2, 0.25) is 0 Å². The molecule has 0 amide bonds. The van der Waals surface area contributed by atoms with Gasteiger partial charge >= 0.3 is 0 Å². The Morgan fingerprint density at radius 3 is 0.612 bits per heavy atom. The highest BCUT2D eigenvalue weighted by atomic mass is 16.3. The first-order valence-corrected chi connectivity index (χ1v) is 22.9. The summed E-state index contributed by atoms with van der Waals surface area (Å²) in [5.74, 6) is 0. The summed E-state index contributed by atoms with van der Waals surface area (Å²) < 4.78 is 19.2. The van der Waals surface area contributed by atoms with E-state index in [0.29, 0.717) is 0 Å². The van der Waals surface area contributed by atoms with Crippen molar-refractivity contribution in [1.82, 2.24) is 0 Å². The van der Waals surface area contributed by atoms with Crippen molar-refractivity contribution in [2.45, 2.75) is 0 Å². The Labute approximate surface area is 383 Å². The van der Waals surface area contributed by atoms with Gasteiger partial charge in [-0.25, -0.2) is 0 Å². The van der Waals surface area contributed by atoms with Gasteiger partial charge in [0.25, 0.3) is 0 Å². The summed E-state index contributed by atoms with van der Waals surface area (Å²) in [6, 6.07) is 78.8. The van der Waals surface area contributed by atoms with Gasteiger partial charge in [-0.15, -0.1) is 0 Å². The van der Waals surface area contributed by atoms with Crippen LogP contribution in [-0.2, 0) is 0 Å². The molecule has 0 N–H and O–H groups in total. The van der Waals surface area contributed by atoms with Crippen LogP contribution in [0.5, 0.6) is 0 Å². The first kappa shape index (κ1) is 36.4. The van der Waals surface area contributed by atoms with Crippen LogP contribution in [0.4, 0.5) is 0 Å². The summed E-state index contributed by atoms with van der Waals surface area (Å²) in [4.78, 5) is 0. The SMILES string of the molecule is c1ccc2c(c1)oc1ccc(-c3c4ccccc4c(-c4ccc5oc6ccc(-c7c8ccccc8c(-c8ccc9oc%10ccccc%10c9c8)c8ccccc78)cc6c5c4)c4ccccc34)cc12. The van der Waals surface area contributed by atoms with Gasteiger partial charge in [0.05, 0.1) is 0 Å². The van der Waals surface area contributed by atoms with E-state index in [1.807, 2.05) is 24.3 Å². The lowest BCUT2D eigenvalue weighted by Gasteiger charge is -2.18. The lowest BCUT2D eigenvalue weighted by Crippen LogP contribution is -1.91. The van der Waals surface area contributed by atoms with Crippen molar-refractivity contribution in [3.8, 4) is 44.5 Å². The zero-order valence-corrected chi connectivity index (χ0v) is 36.0. The van der Waals surface area contributed by atoms with Crippen molar-refractivity contribution < 1.29 is 13.3 Å². The van der Waals surface area contributed by atoms with E-state index in [1.165, 1.54) is 76.5 Å². The molecule has 0 bridgehead atoms. The molecule has 3 heterocycles. The topological polar surface area (TPSA) is 39.4 Å². The number of benzene rings is 12. The van der Waals surface area contributed by atoms with E-state index in [-0.39, 0.29) is 0 Å². The number of rotatable bonds is 4. The highest BCUT2D eigenvalue weighted by Gasteiger charge is 2.22. The van der Waals surface area contributed by atoms with Crippen molar-refractivity contribution in [3.05, 3.63) is 218 Å². The average molecular weight is 853 g/mol. The van der Waals surface area contributed by atoms with Crippen LogP contribution in [0.1, 0.15) is 0 Å². The zero-order valence-electron chi connectivity index (χ0n) is 36.0. The molecule has 0 saturated heterocycles. The quantitative estimate of drug-likeness (QED) is 0.166. The minimum Gasteiger partial charge on any atom is -0.456 e. The van der Waals surface area contributed by atoms with Crippen LogP contribution < -0.4 is 0 Å². The molecule has 0 aliphatic carbocycles. The Bertz CT molecular complexity index is 4170. The van der Waals surface area contributed by atoms with Crippen LogP contribution in [0.25, 0.3) is 153 Å². The van der Waals surface area contributed by atoms with Crippen molar-refractivity contribution >= 4 is 109 Å². The Hall–Kier alpha value is -8.92. The Balaban J connectivity index is 0.929. The summed E-state index contributed by atoms with van der Waals surface area (Å²) >= 11 is 0. The van der Waals surface area contributed by atoms with Gasteiger partial charge in [0, 0.05) is 32.3 Å². The summed E-state index contributed by atoms with van der Waals surface area (Å²) in [6.07, 6.45) is 0. The van der Waals surface area contributed by atoms with Crippen molar-refractivity contribution in [2.24, 2.45) is 0 Å². The van der Waals surface area contributed by atoms with Gasteiger partial charge in [0.15, 0.2) is 0 Å². The molecule has 0 atom stereocenters. The second-order valence-corrected chi connectivity index (χ2v) is 17.8. The second kappa shape index (κ2) is 13.8. The van der Waals surface area contributed by atoms with E-state index < -0.39 is 0 Å². The average Bonchev–Trinajstić information content (AvgIpc) is 4.07. The molecule has 3 aromatic heterocycles. The van der Waals surface area contributed by atoms with Gasteiger partial charge in [0.2, 0.25) is 0 Å². The maximum atomic E-state index is 6.64. The smallest absolute Gasteiger partial charge is 0.135 e. The van der Waals surface area contributed by atoms with Crippen LogP contribution in [0.15, 0.2) is 232 Å². The van der Waals surface area contributed by atoms with Crippen LogP contribution in [0.3, 0.4) is 0 Å². The lowest BCUT2D eigenvalue weighted by atomic mass is 9.85. The third-order valence-electron chi connectivity index (χ3n) is 14.2. The monoisotopic (exact) mass is 852 g/mol. The third kappa shape index (κ3) is 5.28. The maximum Gasteiger partial charge on any atom is 0.135 e. The van der Waals surface area contributed by atoms with Crippen LogP contribution in [-0.4, -0.2) is 0 Å². The van der Waals surface area contributed by atoms with E-state index >= 15 is 0 Å². The van der Waals surface area contributed by atoms with Gasteiger partial charge in [-0.3, -0.25) is 0 Å². The van der Waals surface area contributed by atoms with E-state index in [2.05, 4.69) is 194 Å². The van der Waals surface area contributed by atoms with Gasteiger partial charge in [-0.05, 0) is 148 Å². The number of hydrogen-bond donors (Lipinski definition) is 0. The maximum absolute atomic E-state index is 6.64. The van der Waals surface area contributed by atoms with Crippen molar-refractivity contribution in [3.63, 3.8) is 0 Å². The molecule has 3 heteroatoms. The van der Waals surface area contributed by atoms with Crippen LogP contribution >= 0.6 is 0 Å². The molecular weight excluding hydrogens is 817 g/mol. The molecule has 12 aromatic carbocycles. The molecule has 0 aliphatic heterocycles. The van der Waals surface area contributed by atoms with Gasteiger partial charge < -0.3 is 13.3 Å². The molecule has 0 spiro atoms. The van der Waals surface area contributed by atoms with Crippen molar-refractivity contribution in [1.29, 1.82) is 0 Å². The van der Waals surface area contributed by atoms with Gasteiger partial charge in [-0.1, -0.05) is 158 Å². The Kier molecular flexibility index (Phi) is 7.50. The Morgan fingerprint density at radius 2 is 0.358 bits per heavy atom. The van der Waals surface area contributed by atoms with Gasteiger partial charge in [0.1, 0.15) is 33.5 Å². The lowest BCUT2D eigenvalue weighted by molar-refractivity contribution is 0.668. The number of hydrogen-bond acceptors (Lipinski definition) is 3. The fraction of sp³-hybridized carbons (Fsp3) is 0. The first-order chi connectivity index (χ1) is 33.2. The fourth-order valence-electron chi connectivity index (χ4n) is 11.4. The predicted molar refractivity (Wildman–Crippen MR) is 280 cm³/mol. The minimum atomic E-state index is 0.869.